The molecule has 1 atom stereocenters. The van der Waals surface area contributed by atoms with E-state index in [0.717, 1.165) is 0 Å². The molecule has 3 nitrogen and oxygen atoms in total. The van der Waals surface area contributed by atoms with E-state index in [0.29, 0.717) is 23.3 Å². The van der Waals surface area contributed by atoms with Gasteiger partial charge in [0.05, 0.1) is 19.4 Å². The third-order valence-electron chi connectivity index (χ3n) is 1.13. The van der Waals surface area contributed by atoms with Gasteiger partial charge in [0.2, 0.25) is 0 Å². The maximum atomic E-state index is 11.8. The predicted octanol–water partition coefficient (Wildman–Crippen LogP) is 3.08. The summed E-state index contributed by atoms with van der Waals surface area (Å²) in [4.78, 5) is 0. The highest BCUT2D eigenvalue weighted by Crippen LogP contribution is 2.49. The van der Waals surface area contributed by atoms with E-state index >= 15 is 0 Å². The van der Waals surface area contributed by atoms with Crippen LogP contribution in [0.5, 0.6) is 0 Å². The van der Waals surface area contributed by atoms with Crippen LogP contribution in [0.4, 0.5) is 0 Å². The molecule has 0 aliphatic carbocycles. The molecule has 5 heteroatoms. The van der Waals surface area contributed by atoms with Gasteiger partial charge in [0, 0.05) is 3.92 Å². The Morgan fingerprint density at radius 2 is 1.75 bits per heavy atom. The highest BCUT2D eigenvalue weighted by Gasteiger charge is 2.24. The van der Waals surface area contributed by atoms with Crippen molar-refractivity contribution in [3.8, 4) is 0 Å². The van der Waals surface area contributed by atoms with Gasteiger partial charge < -0.3 is 9.05 Å². The summed E-state index contributed by atoms with van der Waals surface area (Å²) >= 11 is 2.21. The van der Waals surface area contributed by atoms with E-state index in [4.69, 9.17) is 9.05 Å². The van der Waals surface area contributed by atoms with Crippen molar-refractivity contribution >= 4 is 30.2 Å². The van der Waals surface area contributed by atoms with Crippen molar-refractivity contribution < 1.29 is 13.6 Å². The smallest absolute Gasteiger partial charge is 0.309 e. The fraction of sp³-hybridized carbons (Fsp3) is 1.00. The molecule has 0 amide bonds. The second-order valence-electron chi connectivity index (χ2n) is 2.41. The second kappa shape index (κ2) is 6.35. The Bertz CT molecular complexity index is 151. The molecule has 0 bridgehead atoms. The summed E-state index contributed by atoms with van der Waals surface area (Å²) in [7, 11) is -2.78. The molecule has 0 saturated carbocycles. The lowest BCUT2D eigenvalue weighted by Crippen LogP contribution is -2.06. The van der Waals surface area contributed by atoms with Gasteiger partial charge in [0.1, 0.15) is 0 Å². The van der Waals surface area contributed by atoms with Gasteiger partial charge >= 0.3 is 7.60 Å². The Morgan fingerprint density at radius 3 is 2.00 bits per heavy atom. The largest absolute Gasteiger partial charge is 0.331 e. The Hall–Kier alpha value is 0.880. The minimum absolute atomic E-state index is 0.312. The average molecular weight is 306 g/mol. The van der Waals surface area contributed by atoms with Gasteiger partial charge in [-0.05, 0) is 13.8 Å². The highest BCUT2D eigenvalue weighted by atomic mass is 127. The fourth-order valence-electron chi connectivity index (χ4n) is 0.844. The third kappa shape index (κ3) is 5.51. The fourth-order valence-corrected chi connectivity index (χ4v) is 3.98. The van der Waals surface area contributed by atoms with Crippen LogP contribution in [0.3, 0.4) is 0 Å². The summed E-state index contributed by atoms with van der Waals surface area (Å²) in [5, 5.41) is 0. The lowest BCUT2D eigenvalue weighted by molar-refractivity contribution is 0.220. The number of rotatable bonds is 6. The van der Waals surface area contributed by atoms with Crippen LogP contribution in [0.2, 0.25) is 0 Å². The van der Waals surface area contributed by atoms with Crippen molar-refractivity contribution in [1.29, 1.82) is 0 Å². The first-order chi connectivity index (χ1) is 5.54. The van der Waals surface area contributed by atoms with Gasteiger partial charge in [-0.2, -0.15) is 0 Å². The first kappa shape index (κ1) is 12.9. The molecule has 74 valence electrons. The molecule has 0 heterocycles. The Morgan fingerprint density at radius 1 is 1.33 bits per heavy atom. The van der Waals surface area contributed by atoms with Crippen LogP contribution in [0.15, 0.2) is 0 Å². The van der Waals surface area contributed by atoms with Gasteiger partial charge in [0.15, 0.2) is 0 Å². The summed E-state index contributed by atoms with van der Waals surface area (Å²) in [5.74, 6) is 0. The van der Waals surface area contributed by atoms with Gasteiger partial charge in [-0.1, -0.05) is 29.5 Å². The topological polar surface area (TPSA) is 35.5 Å². The van der Waals surface area contributed by atoms with Gasteiger partial charge in [-0.25, -0.2) is 0 Å². The third-order valence-corrected chi connectivity index (χ3v) is 4.56. The standard InChI is InChI=1S/C7H16IO3P/c1-4-10-12(9,11-5-2)6-7(3)8/h7H,4-6H2,1-3H3. The average Bonchev–Trinajstić information content (AvgIpc) is 1.85. The zero-order valence-electron chi connectivity index (χ0n) is 7.75. The molecule has 0 rings (SSSR count). The maximum Gasteiger partial charge on any atom is 0.331 e. The van der Waals surface area contributed by atoms with Crippen LogP contribution in [-0.2, 0) is 13.6 Å². The van der Waals surface area contributed by atoms with Crippen molar-refractivity contribution in [1.82, 2.24) is 0 Å². The lowest BCUT2D eigenvalue weighted by atomic mass is 10.6. The van der Waals surface area contributed by atoms with Gasteiger partial charge in [-0.3, -0.25) is 4.57 Å². The molecule has 0 radical (unpaired) electrons. The minimum atomic E-state index is -2.78. The quantitative estimate of drug-likeness (QED) is 0.430. The molecular formula is C7H16IO3P. The van der Waals surface area contributed by atoms with Crippen LogP contribution < -0.4 is 0 Å². The number of hydrogen-bond acceptors (Lipinski definition) is 3. The molecule has 12 heavy (non-hydrogen) atoms. The molecule has 0 fully saturated rings. The van der Waals surface area contributed by atoms with Crippen molar-refractivity contribution in [2.24, 2.45) is 0 Å². The van der Waals surface area contributed by atoms with Crippen molar-refractivity contribution in [3.63, 3.8) is 0 Å². The minimum Gasteiger partial charge on any atom is -0.309 e. The summed E-state index contributed by atoms with van der Waals surface area (Å²) in [6, 6.07) is 0. The van der Waals surface area contributed by atoms with Crippen LogP contribution in [0.1, 0.15) is 20.8 Å². The lowest BCUT2D eigenvalue weighted by Gasteiger charge is -2.17. The van der Waals surface area contributed by atoms with E-state index in [9.17, 15) is 4.57 Å². The van der Waals surface area contributed by atoms with Crippen LogP contribution in [0, 0.1) is 0 Å². The Labute approximate surface area is 87.9 Å². The van der Waals surface area contributed by atoms with E-state index in [1.54, 1.807) is 0 Å². The normalized spacial score (nSPS) is 14.7. The molecular weight excluding hydrogens is 290 g/mol. The van der Waals surface area contributed by atoms with E-state index in [1.165, 1.54) is 0 Å². The van der Waals surface area contributed by atoms with Crippen LogP contribution in [-0.4, -0.2) is 23.3 Å². The van der Waals surface area contributed by atoms with E-state index in [-0.39, 0.29) is 0 Å². The Kier molecular flexibility index (Phi) is 6.82. The number of alkyl halides is 1. The van der Waals surface area contributed by atoms with Gasteiger partial charge in [0.25, 0.3) is 0 Å². The summed E-state index contributed by atoms with van der Waals surface area (Å²) in [5.41, 5.74) is 0. The van der Waals surface area contributed by atoms with Gasteiger partial charge in [-0.15, -0.1) is 0 Å². The molecule has 0 saturated heterocycles. The number of halogens is 1. The Balaban J connectivity index is 4.08. The molecule has 0 aromatic rings. The maximum absolute atomic E-state index is 11.8. The molecule has 0 aliphatic heterocycles. The first-order valence-electron chi connectivity index (χ1n) is 4.06. The molecule has 0 aromatic heterocycles. The van der Waals surface area contributed by atoms with Crippen molar-refractivity contribution in [2.45, 2.75) is 24.7 Å². The van der Waals surface area contributed by atoms with Crippen LogP contribution >= 0.6 is 30.2 Å². The number of hydrogen-bond donors (Lipinski definition) is 0. The molecule has 0 N–H and O–H groups in total. The van der Waals surface area contributed by atoms with Crippen LogP contribution in [0.25, 0.3) is 0 Å². The highest BCUT2D eigenvalue weighted by molar-refractivity contribution is 14.1. The van der Waals surface area contributed by atoms with E-state index < -0.39 is 7.60 Å². The summed E-state index contributed by atoms with van der Waals surface area (Å²) in [6.07, 6.45) is 0.495. The zero-order chi connectivity index (χ0) is 9.61. The SMILES string of the molecule is CCOP(=O)(CC(C)I)OCC. The monoisotopic (exact) mass is 306 g/mol. The van der Waals surface area contributed by atoms with E-state index in [1.807, 2.05) is 20.8 Å². The first-order valence-corrected chi connectivity index (χ1v) is 7.03. The predicted molar refractivity (Wildman–Crippen MR) is 59.2 cm³/mol. The molecule has 0 aliphatic rings. The van der Waals surface area contributed by atoms with Crippen molar-refractivity contribution in [2.75, 3.05) is 19.4 Å². The summed E-state index contributed by atoms with van der Waals surface area (Å²) < 4.78 is 22.3. The molecule has 1 unspecified atom stereocenters. The summed E-state index contributed by atoms with van der Waals surface area (Å²) in [6.45, 7) is 6.53. The molecule has 0 aromatic carbocycles. The van der Waals surface area contributed by atoms with Crippen molar-refractivity contribution in [3.05, 3.63) is 0 Å². The van der Waals surface area contributed by atoms with E-state index in [2.05, 4.69) is 22.6 Å². The molecule has 0 spiro atoms. The second-order valence-corrected chi connectivity index (χ2v) is 6.64. The zero-order valence-corrected chi connectivity index (χ0v) is 10.8.